The lowest BCUT2D eigenvalue weighted by atomic mass is 10.0. The minimum atomic E-state index is -1.09. The van der Waals surface area contributed by atoms with Crippen LogP contribution in [0.5, 0.6) is 0 Å². The largest absolute Gasteiger partial charge is 0.481 e. The Kier molecular flexibility index (Phi) is 3.22. The van der Waals surface area contributed by atoms with Crippen LogP contribution in [0.4, 0.5) is 0 Å². The van der Waals surface area contributed by atoms with Gasteiger partial charge in [-0.2, -0.15) is 0 Å². The number of carboxylic acid groups (broad SMARTS) is 1. The number of aliphatic carboxylic acids is 1. The van der Waals surface area contributed by atoms with Crippen LogP contribution in [0.3, 0.4) is 0 Å². The Hall–Kier alpha value is -1.85. The molecule has 0 saturated carbocycles. The van der Waals surface area contributed by atoms with E-state index in [9.17, 15) is 9.59 Å². The van der Waals surface area contributed by atoms with Crippen molar-refractivity contribution in [3.63, 3.8) is 0 Å². The van der Waals surface area contributed by atoms with Crippen molar-refractivity contribution >= 4 is 11.9 Å². The quantitative estimate of drug-likeness (QED) is 0.706. The van der Waals surface area contributed by atoms with Crippen molar-refractivity contribution < 1.29 is 24.0 Å². The Labute approximate surface area is 79.5 Å². The van der Waals surface area contributed by atoms with Crippen molar-refractivity contribution in [1.29, 1.82) is 0 Å². The summed E-state index contributed by atoms with van der Waals surface area (Å²) in [5.41, 5.74) is 0.263. The number of hydrogen-bond acceptors (Lipinski definition) is 5. The number of carboxylic acids is 1. The predicted octanol–water partition coefficient (Wildman–Crippen LogP) is 0.406. The first kappa shape index (κ1) is 10.2. The number of rotatable bonds is 4. The van der Waals surface area contributed by atoms with Gasteiger partial charge in [-0.15, -0.1) is 0 Å². The Morgan fingerprint density at radius 3 is 2.86 bits per heavy atom. The Morgan fingerprint density at radius 1 is 1.71 bits per heavy atom. The van der Waals surface area contributed by atoms with Crippen molar-refractivity contribution in [2.45, 2.75) is 12.3 Å². The molecule has 1 aromatic heterocycles. The smallest absolute Gasteiger partial charge is 0.315 e. The molecule has 0 amide bonds. The van der Waals surface area contributed by atoms with E-state index in [1.165, 1.54) is 19.4 Å². The van der Waals surface area contributed by atoms with E-state index >= 15 is 0 Å². The van der Waals surface area contributed by atoms with Crippen molar-refractivity contribution in [3.05, 3.63) is 18.0 Å². The molecule has 14 heavy (non-hydrogen) atoms. The standard InChI is InChI=1S/C8H9NO5/c1-13-8(12)5(4-7(10)11)6-2-3-14-9-6/h2-3,5H,4H2,1H3,(H,10,11). The fourth-order valence-corrected chi connectivity index (χ4v) is 1.03. The third kappa shape index (κ3) is 2.32. The number of hydrogen-bond donors (Lipinski definition) is 1. The molecule has 6 heteroatoms. The second-order valence-electron chi connectivity index (χ2n) is 2.60. The Bertz CT molecular complexity index is 318. The molecule has 0 aromatic carbocycles. The van der Waals surface area contributed by atoms with E-state index < -0.39 is 17.9 Å². The van der Waals surface area contributed by atoms with Crippen molar-refractivity contribution in [2.75, 3.05) is 7.11 Å². The molecule has 0 aliphatic carbocycles. The molecule has 0 spiro atoms. The van der Waals surface area contributed by atoms with Gasteiger partial charge in [-0.3, -0.25) is 9.59 Å². The van der Waals surface area contributed by atoms with Crippen LogP contribution in [-0.2, 0) is 14.3 Å². The summed E-state index contributed by atoms with van der Waals surface area (Å²) >= 11 is 0. The fraction of sp³-hybridized carbons (Fsp3) is 0.375. The van der Waals surface area contributed by atoms with Gasteiger partial charge in [-0.25, -0.2) is 0 Å². The molecule has 0 fully saturated rings. The number of aromatic nitrogens is 1. The minimum absolute atomic E-state index is 0.263. The van der Waals surface area contributed by atoms with Gasteiger partial charge in [-0.1, -0.05) is 5.16 Å². The summed E-state index contributed by atoms with van der Waals surface area (Å²) in [5, 5.41) is 12.1. The average Bonchev–Trinajstić information content (AvgIpc) is 2.65. The van der Waals surface area contributed by atoms with E-state index in [1.807, 2.05) is 0 Å². The van der Waals surface area contributed by atoms with E-state index in [4.69, 9.17) is 5.11 Å². The first-order valence-corrected chi connectivity index (χ1v) is 3.85. The maximum Gasteiger partial charge on any atom is 0.315 e. The number of esters is 1. The molecule has 1 N–H and O–H groups in total. The second-order valence-corrected chi connectivity index (χ2v) is 2.60. The summed E-state index contributed by atoms with van der Waals surface area (Å²) < 4.78 is 8.97. The molecular formula is C8H9NO5. The SMILES string of the molecule is COC(=O)C(CC(=O)O)c1ccon1. The molecule has 1 atom stereocenters. The molecule has 0 aliphatic rings. The predicted molar refractivity (Wildman–Crippen MR) is 43.5 cm³/mol. The molecule has 0 aliphatic heterocycles. The van der Waals surface area contributed by atoms with Crippen LogP contribution >= 0.6 is 0 Å². The zero-order valence-corrected chi connectivity index (χ0v) is 7.47. The zero-order chi connectivity index (χ0) is 10.6. The van der Waals surface area contributed by atoms with E-state index in [-0.39, 0.29) is 12.1 Å². The summed E-state index contributed by atoms with van der Waals surface area (Å²) in [4.78, 5) is 21.6. The van der Waals surface area contributed by atoms with E-state index in [2.05, 4.69) is 14.4 Å². The van der Waals surface area contributed by atoms with Gasteiger partial charge in [-0.05, 0) is 0 Å². The molecule has 1 unspecified atom stereocenters. The topological polar surface area (TPSA) is 89.6 Å². The summed E-state index contributed by atoms with van der Waals surface area (Å²) in [6, 6.07) is 1.44. The van der Waals surface area contributed by atoms with E-state index in [0.29, 0.717) is 0 Å². The van der Waals surface area contributed by atoms with Crippen LogP contribution in [0, 0.1) is 0 Å². The molecule has 0 saturated heterocycles. The van der Waals surface area contributed by atoms with Gasteiger partial charge in [0.15, 0.2) is 0 Å². The monoisotopic (exact) mass is 199 g/mol. The van der Waals surface area contributed by atoms with Gasteiger partial charge >= 0.3 is 11.9 Å². The van der Waals surface area contributed by atoms with Crippen LogP contribution in [0.15, 0.2) is 16.9 Å². The second kappa shape index (κ2) is 4.40. The normalized spacial score (nSPS) is 12.1. The van der Waals surface area contributed by atoms with Gasteiger partial charge in [0.25, 0.3) is 0 Å². The maximum absolute atomic E-state index is 11.2. The van der Waals surface area contributed by atoms with Gasteiger partial charge in [0.1, 0.15) is 12.2 Å². The molecule has 0 radical (unpaired) electrons. The highest BCUT2D eigenvalue weighted by atomic mass is 16.5. The summed E-state index contributed by atoms with van der Waals surface area (Å²) in [6.07, 6.45) is 0.909. The minimum Gasteiger partial charge on any atom is -0.481 e. The van der Waals surface area contributed by atoms with Gasteiger partial charge < -0.3 is 14.4 Å². The van der Waals surface area contributed by atoms with Crippen LogP contribution in [-0.4, -0.2) is 29.3 Å². The summed E-state index contributed by atoms with van der Waals surface area (Å²) in [7, 11) is 1.19. The number of methoxy groups -OCH3 is 1. The highest BCUT2D eigenvalue weighted by Crippen LogP contribution is 2.19. The van der Waals surface area contributed by atoms with Gasteiger partial charge in [0.05, 0.1) is 19.2 Å². The Balaban J connectivity index is 2.82. The number of nitrogens with zero attached hydrogens (tertiary/aromatic N) is 1. The first-order valence-electron chi connectivity index (χ1n) is 3.85. The van der Waals surface area contributed by atoms with Gasteiger partial charge in [0, 0.05) is 6.07 Å². The highest BCUT2D eigenvalue weighted by Gasteiger charge is 2.26. The van der Waals surface area contributed by atoms with Crippen molar-refractivity contribution in [3.8, 4) is 0 Å². The molecule has 6 nitrogen and oxygen atoms in total. The van der Waals surface area contributed by atoms with E-state index in [0.717, 1.165) is 0 Å². The maximum atomic E-state index is 11.2. The lowest BCUT2D eigenvalue weighted by Gasteiger charge is -2.07. The Morgan fingerprint density at radius 2 is 2.43 bits per heavy atom. The van der Waals surface area contributed by atoms with Crippen LogP contribution < -0.4 is 0 Å². The lowest BCUT2D eigenvalue weighted by Crippen LogP contribution is -2.18. The lowest BCUT2D eigenvalue weighted by molar-refractivity contribution is -0.147. The van der Waals surface area contributed by atoms with Crippen LogP contribution in [0.1, 0.15) is 18.0 Å². The van der Waals surface area contributed by atoms with Crippen LogP contribution in [0.25, 0.3) is 0 Å². The summed E-state index contributed by atoms with van der Waals surface area (Å²) in [6.45, 7) is 0. The molecule has 76 valence electrons. The third-order valence-electron chi connectivity index (χ3n) is 1.68. The number of carbonyl (C=O) groups is 2. The zero-order valence-electron chi connectivity index (χ0n) is 7.47. The fourth-order valence-electron chi connectivity index (χ4n) is 1.03. The number of ether oxygens (including phenoxy) is 1. The van der Waals surface area contributed by atoms with Crippen molar-refractivity contribution in [1.82, 2.24) is 5.16 Å². The van der Waals surface area contributed by atoms with Gasteiger partial charge in [0.2, 0.25) is 0 Å². The molecule has 1 heterocycles. The third-order valence-corrected chi connectivity index (χ3v) is 1.68. The molecule has 1 rings (SSSR count). The number of carbonyl (C=O) groups excluding carboxylic acids is 1. The van der Waals surface area contributed by atoms with Crippen molar-refractivity contribution in [2.24, 2.45) is 0 Å². The highest BCUT2D eigenvalue weighted by molar-refractivity contribution is 5.83. The molecule has 0 bridgehead atoms. The average molecular weight is 199 g/mol. The van der Waals surface area contributed by atoms with Crippen LogP contribution in [0.2, 0.25) is 0 Å². The molecule has 1 aromatic rings. The molecular weight excluding hydrogens is 190 g/mol. The summed E-state index contributed by atoms with van der Waals surface area (Å²) in [5.74, 6) is -2.64. The first-order chi connectivity index (χ1) is 6.65. The van der Waals surface area contributed by atoms with E-state index in [1.54, 1.807) is 0 Å².